The van der Waals surface area contributed by atoms with Crippen LogP contribution in [0.3, 0.4) is 0 Å². The van der Waals surface area contributed by atoms with Crippen LogP contribution in [0.5, 0.6) is 0 Å². The summed E-state index contributed by atoms with van der Waals surface area (Å²) >= 11 is 1.33. The van der Waals surface area contributed by atoms with Crippen molar-refractivity contribution in [3.05, 3.63) is 0 Å². The van der Waals surface area contributed by atoms with E-state index in [1.54, 1.807) is 13.8 Å². The number of ether oxygens (including phenoxy) is 2. The lowest BCUT2D eigenvalue weighted by Crippen LogP contribution is -2.37. The van der Waals surface area contributed by atoms with Crippen LogP contribution in [0.1, 0.15) is 13.8 Å². The molecule has 0 aromatic rings. The summed E-state index contributed by atoms with van der Waals surface area (Å²) in [5.74, 6) is -0.146. The van der Waals surface area contributed by atoms with E-state index in [9.17, 15) is 9.59 Å². The number of hydrogen-bond acceptors (Lipinski definition) is 7. The number of hydrogen-bond donors (Lipinski definition) is 2. The predicted molar refractivity (Wildman–Crippen MR) is 66.5 cm³/mol. The van der Waals surface area contributed by atoms with Crippen LogP contribution in [0.25, 0.3) is 0 Å². The van der Waals surface area contributed by atoms with Crippen LogP contribution in [-0.2, 0) is 19.1 Å². The van der Waals surface area contributed by atoms with Crippen LogP contribution >= 0.6 is 11.8 Å². The summed E-state index contributed by atoms with van der Waals surface area (Å²) in [6.45, 7) is 4.04. The van der Waals surface area contributed by atoms with Gasteiger partial charge in [0.25, 0.3) is 0 Å². The van der Waals surface area contributed by atoms with E-state index >= 15 is 0 Å². The number of carbonyl (C=O) groups is 2. The Hall–Kier alpha value is -0.790. The monoisotopic (exact) mass is 264 g/mol. The van der Waals surface area contributed by atoms with Crippen molar-refractivity contribution in [3.63, 3.8) is 0 Å². The summed E-state index contributed by atoms with van der Waals surface area (Å²) in [5, 5.41) is 0. The van der Waals surface area contributed by atoms with E-state index in [1.165, 1.54) is 11.8 Å². The molecule has 6 nitrogen and oxygen atoms in total. The fourth-order valence-corrected chi connectivity index (χ4v) is 1.87. The first-order chi connectivity index (χ1) is 8.02. The lowest BCUT2D eigenvalue weighted by Gasteiger charge is -2.12. The van der Waals surface area contributed by atoms with Gasteiger partial charge in [0.1, 0.15) is 12.1 Å². The highest BCUT2D eigenvalue weighted by atomic mass is 32.2. The van der Waals surface area contributed by atoms with Gasteiger partial charge in [0.05, 0.1) is 13.2 Å². The first-order valence-corrected chi connectivity index (χ1v) is 6.60. The van der Waals surface area contributed by atoms with Gasteiger partial charge < -0.3 is 20.9 Å². The average Bonchev–Trinajstić information content (AvgIpc) is 2.29. The largest absolute Gasteiger partial charge is 0.465 e. The Morgan fingerprint density at radius 3 is 1.65 bits per heavy atom. The van der Waals surface area contributed by atoms with Crippen LogP contribution in [-0.4, -0.2) is 48.7 Å². The Morgan fingerprint density at radius 1 is 1.00 bits per heavy atom. The minimum atomic E-state index is -0.686. The quantitative estimate of drug-likeness (QED) is 0.569. The number of nitrogens with two attached hydrogens (primary N) is 2. The molecule has 7 heteroatoms. The molecule has 0 saturated carbocycles. The van der Waals surface area contributed by atoms with Gasteiger partial charge in [0.15, 0.2) is 0 Å². The Balaban J connectivity index is 3.75. The number of esters is 2. The number of rotatable bonds is 8. The van der Waals surface area contributed by atoms with E-state index in [2.05, 4.69) is 0 Å². The van der Waals surface area contributed by atoms with Gasteiger partial charge in [0, 0.05) is 11.5 Å². The second-order valence-electron chi connectivity index (χ2n) is 3.25. The molecular formula is C10H20N2O4S. The summed E-state index contributed by atoms with van der Waals surface area (Å²) in [5.41, 5.74) is 11.1. The highest BCUT2D eigenvalue weighted by molar-refractivity contribution is 7.99. The molecule has 0 unspecified atom stereocenters. The molecule has 0 aromatic carbocycles. The molecule has 0 radical (unpaired) electrons. The van der Waals surface area contributed by atoms with Gasteiger partial charge in [-0.1, -0.05) is 0 Å². The van der Waals surface area contributed by atoms with Crippen molar-refractivity contribution in [2.24, 2.45) is 11.5 Å². The van der Waals surface area contributed by atoms with Gasteiger partial charge in [-0.2, -0.15) is 11.8 Å². The molecule has 0 heterocycles. The lowest BCUT2D eigenvalue weighted by molar-refractivity contribution is -0.144. The molecule has 2 atom stereocenters. The minimum absolute atomic E-state index is 0.305. The number of carbonyl (C=O) groups excluding carboxylic acids is 2. The van der Waals surface area contributed by atoms with E-state index < -0.39 is 24.0 Å². The van der Waals surface area contributed by atoms with Gasteiger partial charge in [-0.25, -0.2) is 0 Å². The zero-order chi connectivity index (χ0) is 13.3. The standard InChI is InChI=1S/C10H20N2O4S/c1-3-15-9(13)7(11)5-17-6-8(12)10(14)16-4-2/h7-8H,3-6,11-12H2,1-2H3/t7-,8-/m0/s1. The van der Waals surface area contributed by atoms with Crippen LogP contribution in [0, 0.1) is 0 Å². The smallest absolute Gasteiger partial charge is 0.323 e. The van der Waals surface area contributed by atoms with Crippen LogP contribution in [0.15, 0.2) is 0 Å². The summed E-state index contributed by atoms with van der Waals surface area (Å²) in [6, 6.07) is -1.37. The molecule has 0 aliphatic carbocycles. The normalized spacial score (nSPS) is 13.9. The Labute approximate surface area is 105 Å². The van der Waals surface area contributed by atoms with Crippen molar-refractivity contribution in [2.75, 3.05) is 24.7 Å². The maximum absolute atomic E-state index is 11.2. The van der Waals surface area contributed by atoms with Crippen molar-refractivity contribution in [1.29, 1.82) is 0 Å². The van der Waals surface area contributed by atoms with E-state index in [4.69, 9.17) is 20.9 Å². The Morgan fingerprint density at radius 2 is 1.35 bits per heavy atom. The fraction of sp³-hybridized carbons (Fsp3) is 0.800. The SMILES string of the molecule is CCOC(=O)[C@@H](N)CSC[C@H](N)C(=O)OCC. The van der Waals surface area contributed by atoms with Gasteiger partial charge in [-0.05, 0) is 13.8 Å². The highest BCUT2D eigenvalue weighted by Gasteiger charge is 2.18. The van der Waals surface area contributed by atoms with Crippen molar-refractivity contribution in [1.82, 2.24) is 0 Å². The molecule has 0 amide bonds. The summed E-state index contributed by atoms with van der Waals surface area (Å²) in [6.07, 6.45) is 0. The minimum Gasteiger partial charge on any atom is -0.465 e. The zero-order valence-electron chi connectivity index (χ0n) is 10.2. The van der Waals surface area contributed by atoms with Crippen molar-refractivity contribution in [2.45, 2.75) is 25.9 Å². The summed E-state index contributed by atoms with van der Waals surface area (Å²) < 4.78 is 9.49. The van der Waals surface area contributed by atoms with Gasteiger partial charge >= 0.3 is 11.9 Å². The molecule has 100 valence electrons. The molecule has 0 fully saturated rings. The second kappa shape index (κ2) is 9.26. The van der Waals surface area contributed by atoms with E-state index in [1.807, 2.05) is 0 Å². The molecule has 0 bridgehead atoms. The van der Waals surface area contributed by atoms with E-state index in [-0.39, 0.29) is 0 Å². The first-order valence-electron chi connectivity index (χ1n) is 5.45. The van der Waals surface area contributed by atoms with E-state index in [0.29, 0.717) is 24.7 Å². The molecule has 0 aliphatic rings. The first kappa shape index (κ1) is 16.2. The number of thioether (sulfide) groups is 1. The van der Waals surface area contributed by atoms with Gasteiger partial charge in [-0.3, -0.25) is 9.59 Å². The molecular weight excluding hydrogens is 244 g/mol. The second-order valence-corrected chi connectivity index (χ2v) is 4.33. The summed E-state index contributed by atoms with van der Waals surface area (Å²) in [4.78, 5) is 22.3. The van der Waals surface area contributed by atoms with Crippen molar-refractivity contribution in [3.8, 4) is 0 Å². The molecule has 0 rings (SSSR count). The van der Waals surface area contributed by atoms with Crippen LogP contribution in [0.4, 0.5) is 0 Å². The fourth-order valence-electron chi connectivity index (χ4n) is 0.957. The Bertz CT molecular complexity index is 226. The highest BCUT2D eigenvalue weighted by Crippen LogP contribution is 2.05. The molecule has 0 aliphatic heterocycles. The molecule has 17 heavy (non-hydrogen) atoms. The van der Waals surface area contributed by atoms with Crippen LogP contribution < -0.4 is 11.5 Å². The van der Waals surface area contributed by atoms with Gasteiger partial charge in [-0.15, -0.1) is 0 Å². The topological polar surface area (TPSA) is 105 Å². The van der Waals surface area contributed by atoms with Gasteiger partial charge in [0.2, 0.25) is 0 Å². The maximum Gasteiger partial charge on any atom is 0.323 e. The third-order valence-electron chi connectivity index (χ3n) is 1.77. The Kier molecular flexibility index (Phi) is 8.83. The zero-order valence-corrected chi connectivity index (χ0v) is 11.0. The third kappa shape index (κ3) is 7.19. The molecule has 0 saturated heterocycles. The lowest BCUT2D eigenvalue weighted by atomic mass is 10.4. The van der Waals surface area contributed by atoms with Crippen molar-refractivity contribution >= 4 is 23.7 Å². The third-order valence-corrected chi connectivity index (χ3v) is 2.96. The van der Waals surface area contributed by atoms with E-state index in [0.717, 1.165) is 0 Å². The predicted octanol–water partition coefficient (Wildman–Crippen LogP) is -0.500. The molecule has 4 N–H and O–H groups in total. The maximum atomic E-state index is 11.2. The van der Waals surface area contributed by atoms with Crippen molar-refractivity contribution < 1.29 is 19.1 Å². The molecule has 0 spiro atoms. The average molecular weight is 264 g/mol. The molecule has 0 aromatic heterocycles. The summed E-state index contributed by atoms with van der Waals surface area (Å²) in [7, 11) is 0. The van der Waals surface area contributed by atoms with Crippen LogP contribution in [0.2, 0.25) is 0 Å².